The topological polar surface area (TPSA) is 102 Å². The maximum atomic E-state index is 11.3. The molecule has 0 aliphatic carbocycles. The van der Waals surface area contributed by atoms with Crippen molar-refractivity contribution in [3.63, 3.8) is 0 Å². The van der Waals surface area contributed by atoms with Gasteiger partial charge in [0.05, 0.1) is 22.1 Å². The van der Waals surface area contributed by atoms with E-state index in [0.29, 0.717) is 17.3 Å². The van der Waals surface area contributed by atoms with Gasteiger partial charge in [0.1, 0.15) is 0 Å². The van der Waals surface area contributed by atoms with Crippen LogP contribution in [-0.2, 0) is 16.6 Å². The molecule has 0 radical (unpaired) electrons. The van der Waals surface area contributed by atoms with Crippen molar-refractivity contribution in [2.75, 3.05) is 10.6 Å². The van der Waals surface area contributed by atoms with E-state index in [0.717, 1.165) is 15.7 Å². The smallest absolute Gasteiger partial charge is 0.238 e. The van der Waals surface area contributed by atoms with E-state index in [4.69, 9.17) is 17.4 Å². The van der Waals surface area contributed by atoms with Gasteiger partial charge in [0.25, 0.3) is 0 Å². The zero-order valence-corrected chi connectivity index (χ0v) is 17.2. The third-order valence-corrected chi connectivity index (χ3v) is 5.11. The number of benzene rings is 2. The number of nitrogens with zero attached hydrogens (tertiary/aromatic N) is 2. The molecule has 140 valence electrons. The van der Waals surface area contributed by atoms with Gasteiger partial charge in [-0.1, -0.05) is 12.1 Å². The van der Waals surface area contributed by atoms with Crippen LogP contribution in [0, 0.1) is 0 Å². The van der Waals surface area contributed by atoms with Crippen LogP contribution in [0.4, 0.5) is 11.4 Å². The summed E-state index contributed by atoms with van der Waals surface area (Å²) in [4.78, 5) is 0.0462. The molecule has 3 aromatic rings. The van der Waals surface area contributed by atoms with Crippen LogP contribution in [0.25, 0.3) is 0 Å². The maximum absolute atomic E-state index is 11.3. The molecule has 1 heterocycles. The summed E-state index contributed by atoms with van der Waals surface area (Å²) in [5.41, 5.74) is 2.55. The lowest BCUT2D eigenvalue weighted by Crippen LogP contribution is -2.19. The second kappa shape index (κ2) is 8.17. The first-order chi connectivity index (χ1) is 12.8. The lowest BCUT2D eigenvalue weighted by molar-refractivity contribution is 0.598. The Labute approximate surface area is 170 Å². The number of hydrogen-bond acceptors (Lipinski definition) is 4. The van der Waals surface area contributed by atoms with Crippen molar-refractivity contribution in [3.8, 4) is 0 Å². The molecule has 0 atom stereocenters. The maximum Gasteiger partial charge on any atom is 0.238 e. The zero-order valence-electron chi connectivity index (χ0n) is 14.0. The second-order valence-electron chi connectivity index (χ2n) is 5.71. The number of halogens is 1. The molecule has 3 rings (SSSR count). The van der Waals surface area contributed by atoms with E-state index in [1.807, 2.05) is 35.1 Å². The number of rotatable bonds is 5. The molecule has 7 nitrogen and oxygen atoms in total. The first-order valence-electron chi connectivity index (χ1n) is 7.77. The largest absolute Gasteiger partial charge is 0.332 e. The summed E-state index contributed by atoms with van der Waals surface area (Å²) in [7, 11) is -3.71. The lowest BCUT2D eigenvalue weighted by Gasteiger charge is -2.12. The fourth-order valence-corrected chi connectivity index (χ4v) is 3.46. The van der Waals surface area contributed by atoms with E-state index in [9.17, 15) is 8.42 Å². The molecule has 0 spiro atoms. The number of thiocarbonyl (C=S) groups is 1. The van der Waals surface area contributed by atoms with Crippen LogP contribution in [-0.4, -0.2) is 23.3 Å². The highest BCUT2D eigenvalue weighted by molar-refractivity contribution is 9.10. The average molecular weight is 466 g/mol. The molecule has 10 heteroatoms. The van der Waals surface area contributed by atoms with Crippen molar-refractivity contribution in [2.45, 2.75) is 11.4 Å². The fraction of sp³-hybridized carbons (Fsp3) is 0.0588. The van der Waals surface area contributed by atoms with E-state index in [2.05, 4.69) is 31.7 Å². The third kappa shape index (κ3) is 5.60. The molecule has 4 N–H and O–H groups in total. The first kappa shape index (κ1) is 19.5. The van der Waals surface area contributed by atoms with Gasteiger partial charge in [-0.2, -0.15) is 5.10 Å². The summed E-state index contributed by atoms with van der Waals surface area (Å²) in [6, 6.07) is 13.9. The minimum absolute atomic E-state index is 0.0462. The van der Waals surface area contributed by atoms with E-state index in [1.54, 1.807) is 18.3 Å². The Morgan fingerprint density at radius 2 is 1.85 bits per heavy atom. The number of sulfonamides is 1. The summed E-state index contributed by atoms with van der Waals surface area (Å²) < 4.78 is 25.3. The third-order valence-electron chi connectivity index (χ3n) is 3.57. The average Bonchev–Trinajstić information content (AvgIpc) is 2.99. The highest BCUT2D eigenvalue weighted by Crippen LogP contribution is 2.16. The predicted molar refractivity (Wildman–Crippen MR) is 113 cm³/mol. The van der Waals surface area contributed by atoms with Gasteiger partial charge in [-0.3, -0.25) is 4.68 Å². The van der Waals surface area contributed by atoms with Crippen molar-refractivity contribution in [3.05, 3.63) is 71.0 Å². The first-order valence-corrected chi connectivity index (χ1v) is 10.5. The monoisotopic (exact) mass is 465 g/mol. The summed E-state index contributed by atoms with van der Waals surface area (Å²) in [5.74, 6) is 0. The van der Waals surface area contributed by atoms with Crippen LogP contribution >= 0.6 is 28.1 Å². The second-order valence-corrected chi connectivity index (χ2v) is 8.59. The van der Waals surface area contributed by atoms with E-state index in [-0.39, 0.29) is 4.90 Å². The van der Waals surface area contributed by atoms with Crippen molar-refractivity contribution < 1.29 is 8.42 Å². The van der Waals surface area contributed by atoms with E-state index in [1.165, 1.54) is 12.1 Å². The molecule has 0 fully saturated rings. The number of primary sulfonamides is 1. The van der Waals surface area contributed by atoms with Gasteiger partial charge in [0, 0.05) is 17.6 Å². The molecule has 1 aromatic heterocycles. The van der Waals surface area contributed by atoms with Gasteiger partial charge in [0.15, 0.2) is 5.11 Å². The highest BCUT2D eigenvalue weighted by Gasteiger charge is 2.07. The van der Waals surface area contributed by atoms with E-state index >= 15 is 0 Å². The number of aromatic nitrogens is 2. The van der Waals surface area contributed by atoms with Crippen molar-refractivity contribution in [1.29, 1.82) is 0 Å². The Morgan fingerprint density at radius 1 is 1.15 bits per heavy atom. The molecule has 0 aliphatic rings. The molecule has 0 aliphatic heterocycles. The summed E-state index contributed by atoms with van der Waals surface area (Å²) in [6.45, 7) is 0.635. The van der Waals surface area contributed by atoms with Crippen molar-refractivity contribution in [1.82, 2.24) is 9.78 Å². The minimum Gasteiger partial charge on any atom is -0.332 e. The van der Waals surface area contributed by atoms with Gasteiger partial charge in [-0.05, 0) is 70.1 Å². The molecule has 0 amide bonds. The number of hydrogen-bond donors (Lipinski definition) is 3. The molecule has 0 saturated heterocycles. The normalized spacial score (nSPS) is 11.2. The number of nitrogens with two attached hydrogens (primary N) is 1. The van der Waals surface area contributed by atoms with Crippen LogP contribution in [0.2, 0.25) is 0 Å². The van der Waals surface area contributed by atoms with Crippen molar-refractivity contribution in [2.24, 2.45) is 5.14 Å². The van der Waals surface area contributed by atoms with Crippen LogP contribution < -0.4 is 15.8 Å². The SMILES string of the molecule is NS(=O)(=O)c1ccc(NC(=S)Nc2cccc(Cn3cc(Br)cn3)c2)cc1. The fourth-order valence-electron chi connectivity index (χ4n) is 2.38. The van der Waals surface area contributed by atoms with Crippen LogP contribution in [0.3, 0.4) is 0 Å². The minimum atomic E-state index is -3.71. The van der Waals surface area contributed by atoms with Crippen LogP contribution in [0.5, 0.6) is 0 Å². The van der Waals surface area contributed by atoms with Crippen LogP contribution in [0.1, 0.15) is 5.56 Å². The molecular weight excluding hydrogens is 450 g/mol. The summed E-state index contributed by atoms with van der Waals surface area (Å²) in [5, 5.41) is 15.8. The molecule has 27 heavy (non-hydrogen) atoms. The standard InChI is InChI=1S/C17H16BrN5O2S2/c18-13-9-20-23(11-13)10-12-2-1-3-15(8-12)22-17(26)21-14-4-6-16(7-5-14)27(19,24)25/h1-9,11H,10H2,(H2,19,24,25)(H2,21,22,26). The molecule has 0 saturated carbocycles. The summed E-state index contributed by atoms with van der Waals surface area (Å²) in [6.07, 6.45) is 3.64. The quantitative estimate of drug-likeness (QED) is 0.500. The highest BCUT2D eigenvalue weighted by atomic mass is 79.9. The Bertz CT molecular complexity index is 1060. The van der Waals surface area contributed by atoms with Crippen LogP contribution in [0.15, 0.2) is 70.3 Å². The molecule has 0 bridgehead atoms. The van der Waals surface area contributed by atoms with Gasteiger partial charge < -0.3 is 10.6 Å². The van der Waals surface area contributed by atoms with Gasteiger partial charge in [0.2, 0.25) is 10.0 Å². The van der Waals surface area contributed by atoms with Gasteiger partial charge in [-0.15, -0.1) is 0 Å². The molecular formula is C17H16BrN5O2S2. The predicted octanol–water partition coefficient (Wildman–Crippen LogP) is 3.15. The summed E-state index contributed by atoms with van der Waals surface area (Å²) >= 11 is 8.69. The molecule has 0 unspecified atom stereocenters. The Balaban J connectivity index is 1.63. The lowest BCUT2D eigenvalue weighted by atomic mass is 10.2. The number of anilines is 2. The van der Waals surface area contributed by atoms with E-state index < -0.39 is 10.0 Å². The zero-order chi connectivity index (χ0) is 19.4. The Hall–Kier alpha value is -2.27. The molecule has 2 aromatic carbocycles. The van der Waals surface area contributed by atoms with Crippen molar-refractivity contribution >= 4 is 54.7 Å². The van der Waals surface area contributed by atoms with Gasteiger partial charge >= 0.3 is 0 Å². The Kier molecular flexibility index (Phi) is 5.90. The Morgan fingerprint density at radius 3 is 2.48 bits per heavy atom. The number of nitrogens with one attached hydrogen (secondary N) is 2. The van der Waals surface area contributed by atoms with Gasteiger partial charge in [-0.25, -0.2) is 13.6 Å².